The van der Waals surface area contributed by atoms with E-state index in [4.69, 9.17) is 16.3 Å². The van der Waals surface area contributed by atoms with Gasteiger partial charge in [-0.15, -0.1) is 0 Å². The molecule has 0 radical (unpaired) electrons. The third-order valence-electron chi connectivity index (χ3n) is 2.25. The molecular weight excluding hydrogens is 226 g/mol. The number of anilines is 1. The molecule has 0 N–H and O–H groups in total. The Balaban J connectivity index is 2.78. The first kappa shape index (κ1) is 13.0. The van der Waals surface area contributed by atoms with Crippen LogP contribution in [0.4, 0.5) is 5.69 Å². The van der Waals surface area contributed by atoms with Crippen LogP contribution in [0.1, 0.15) is 13.3 Å². The number of carbonyl (C=O) groups is 1. The van der Waals surface area contributed by atoms with Crippen LogP contribution in [0.15, 0.2) is 24.3 Å². The van der Waals surface area contributed by atoms with Gasteiger partial charge in [0.1, 0.15) is 0 Å². The summed E-state index contributed by atoms with van der Waals surface area (Å²) < 4.78 is 4.97. The lowest BCUT2D eigenvalue weighted by Gasteiger charge is -2.22. The highest BCUT2D eigenvalue weighted by Crippen LogP contribution is 2.25. The first-order valence-corrected chi connectivity index (χ1v) is 5.56. The van der Waals surface area contributed by atoms with E-state index in [2.05, 4.69) is 0 Å². The number of rotatable bonds is 5. The van der Waals surface area contributed by atoms with Crippen molar-refractivity contribution in [2.24, 2.45) is 0 Å². The van der Waals surface area contributed by atoms with Crippen LogP contribution in [0, 0.1) is 0 Å². The second-order valence-electron chi connectivity index (χ2n) is 3.47. The highest BCUT2D eigenvalue weighted by molar-refractivity contribution is 6.33. The smallest absolute Gasteiger partial charge is 0.223 e. The van der Waals surface area contributed by atoms with E-state index in [0.29, 0.717) is 18.2 Å². The van der Waals surface area contributed by atoms with E-state index in [1.165, 1.54) is 6.92 Å². The monoisotopic (exact) mass is 241 g/mol. The van der Waals surface area contributed by atoms with Crippen LogP contribution in [0.5, 0.6) is 0 Å². The lowest BCUT2D eigenvalue weighted by atomic mass is 10.2. The summed E-state index contributed by atoms with van der Waals surface area (Å²) in [5.74, 6) is -0.01000. The zero-order valence-electron chi connectivity index (χ0n) is 9.57. The number of halogens is 1. The summed E-state index contributed by atoms with van der Waals surface area (Å²) in [5, 5.41) is 0.593. The number of ether oxygens (including phenoxy) is 1. The van der Waals surface area contributed by atoms with Crippen LogP contribution in [0.2, 0.25) is 5.02 Å². The van der Waals surface area contributed by atoms with Crippen molar-refractivity contribution < 1.29 is 9.53 Å². The van der Waals surface area contributed by atoms with Crippen molar-refractivity contribution in [1.82, 2.24) is 0 Å². The SMILES string of the molecule is COCCCN(C(C)=O)c1ccccc1Cl. The lowest BCUT2D eigenvalue weighted by molar-refractivity contribution is -0.116. The van der Waals surface area contributed by atoms with Crippen molar-refractivity contribution >= 4 is 23.2 Å². The van der Waals surface area contributed by atoms with Gasteiger partial charge in [-0.05, 0) is 18.6 Å². The number of hydrogen-bond acceptors (Lipinski definition) is 2. The highest BCUT2D eigenvalue weighted by atomic mass is 35.5. The lowest BCUT2D eigenvalue weighted by Crippen LogP contribution is -2.30. The Labute approximate surface area is 101 Å². The fourth-order valence-corrected chi connectivity index (χ4v) is 1.72. The number of amides is 1. The quantitative estimate of drug-likeness (QED) is 0.742. The molecule has 1 aromatic carbocycles. The Morgan fingerprint density at radius 2 is 2.12 bits per heavy atom. The highest BCUT2D eigenvalue weighted by Gasteiger charge is 2.13. The molecule has 16 heavy (non-hydrogen) atoms. The predicted octanol–water partition coefficient (Wildman–Crippen LogP) is 2.73. The normalized spacial score (nSPS) is 10.2. The van der Waals surface area contributed by atoms with E-state index in [9.17, 15) is 4.79 Å². The Kier molecular flexibility index (Phi) is 5.29. The second-order valence-corrected chi connectivity index (χ2v) is 3.88. The topological polar surface area (TPSA) is 29.5 Å². The second kappa shape index (κ2) is 6.51. The van der Waals surface area contributed by atoms with Gasteiger partial charge in [0.25, 0.3) is 0 Å². The van der Waals surface area contributed by atoms with Gasteiger partial charge < -0.3 is 9.64 Å². The van der Waals surface area contributed by atoms with E-state index in [-0.39, 0.29) is 5.91 Å². The molecule has 1 amide bonds. The van der Waals surface area contributed by atoms with Gasteiger partial charge in [-0.3, -0.25) is 4.79 Å². The molecule has 0 atom stereocenters. The summed E-state index contributed by atoms with van der Waals surface area (Å²) >= 11 is 6.05. The Morgan fingerprint density at radius 1 is 1.44 bits per heavy atom. The zero-order chi connectivity index (χ0) is 12.0. The van der Waals surface area contributed by atoms with E-state index >= 15 is 0 Å². The number of methoxy groups -OCH3 is 1. The molecule has 0 heterocycles. The van der Waals surface area contributed by atoms with E-state index < -0.39 is 0 Å². The number of hydrogen-bond donors (Lipinski definition) is 0. The molecule has 88 valence electrons. The van der Waals surface area contributed by atoms with Crippen LogP contribution < -0.4 is 4.90 Å². The van der Waals surface area contributed by atoms with Crippen molar-refractivity contribution in [2.75, 3.05) is 25.2 Å². The van der Waals surface area contributed by atoms with Crippen LogP contribution in [0.3, 0.4) is 0 Å². The Hall–Kier alpha value is -1.06. The van der Waals surface area contributed by atoms with Crippen molar-refractivity contribution in [3.05, 3.63) is 29.3 Å². The average molecular weight is 242 g/mol. The van der Waals surface area contributed by atoms with Crippen molar-refractivity contribution in [3.8, 4) is 0 Å². The van der Waals surface area contributed by atoms with E-state index in [1.807, 2.05) is 18.2 Å². The standard InChI is InChI=1S/C12H16ClNO2/c1-10(15)14(8-5-9-16-2)12-7-4-3-6-11(12)13/h3-4,6-7H,5,8-9H2,1-2H3. The van der Waals surface area contributed by atoms with E-state index in [1.54, 1.807) is 18.1 Å². The van der Waals surface area contributed by atoms with Gasteiger partial charge in [-0.1, -0.05) is 23.7 Å². The maximum atomic E-state index is 11.5. The van der Waals surface area contributed by atoms with Crippen molar-refractivity contribution in [1.29, 1.82) is 0 Å². The molecule has 0 aromatic heterocycles. The number of benzene rings is 1. The van der Waals surface area contributed by atoms with Crippen molar-refractivity contribution in [2.45, 2.75) is 13.3 Å². The summed E-state index contributed by atoms with van der Waals surface area (Å²) in [7, 11) is 1.65. The Morgan fingerprint density at radius 3 is 2.69 bits per heavy atom. The first-order valence-electron chi connectivity index (χ1n) is 5.18. The summed E-state index contributed by atoms with van der Waals surface area (Å²) in [5.41, 5.74) is 0.757. The van der Waals surface area contributed by atoms with Crippen LogP contribution in [-0.4, -0.2) is 26.2 Å². The molecular formula is C12H16ClNO2. The molecule has 0 spiro atoms. The average Bonchev–Trinajstić information content (AvgIpc) is 2.25. The summed E-state index contributed by atoms with van der Waals surface area (Å²) in [6, 6.07) is 7.34. The fourth-order valence-electron chi connectivity index (χ4n) is 1.49. The summed E-state index contributed by atoms with van der Waals surface area (Å²) in [6.07, 6.45) is 0.793. The molecule has 4 heteroatoms. The third kappa shape index (κ3) is 3.51. The molecule has 0 unspecified atom stereocenters. The number of para-hydroxylation sites is 1. The minimum Gasteiger partial charge on any atom is -0.385 e. The maximum absolute atomic E-state index is 11.5. The molecule has 1 rings (SSSR count). The molecule has 0 bridgehead atoms. The number of carbonyl (C=O) groups excluding carboxylic acids is 1. The van der Waals surface area contributed by atoms with Crippen LogP contribution in [0.25, 0.3) is 0 Å². The largest absolute Gasteiger partial charge is 0.385 e. The molecule has 0 saturated heterocycles. The van der Waals surface area contributed by atoms with Crippen molar-refractivity contribution in [3.63, 3.8) is 0 Å². The van der Waals surface area contributed by atoms with Gasteiger partial charge in [0.15, 0.2) is 0 Å². The maximum Gasteiger partial charge on any atom is 0.223 e. The molecule has 3 nitrogen and oxygen atoms in total. The molecule has 0 aliphatic heterocycles. The van der Waals surface area contributed by atoms with Gasteiger partial charge in [-0.25, -0.2) is 0 Å². The summed E-state index contributed by atoms with van der Waals surface area (Å²) in [6.45, 7) is 2.79. The molecule has 0 fully saturated rings. The summed E-state index contributed by atoms with van der Waals surface area (Å²) in [4.78, 5) is 13.2. The van der Waals surface area contributed by atoms with E-state index in [0.717, 1.165) is 12.1 Å². The first-order chi connectivity index (χ1) is 7.66. The predicted molar refractivity (Wildman–Crippen MR) is 66.0 cm³/mol. The molecule has 1 aromatic rings. The van der Waals surface area contributed by atoms with Gasteiger partial charge in [-0.2, -0.15) is 0 Å². The number of nitrogens with zero attached hydrogens (tertiary/aromatic N) is 1. The molecule has 0 aliphatic rings. The molecule has 0 aliphatic carbocycles. The van der Waals surface area contributed by atoms with Gasteiger partial charge in [0, 0.05) is 27.2 Å². The van der Waals surface area contributed by atoms with Gasteiger partial charge >= 0.3 is 0 Å². The zero-order valence-corrected chi connectivity index (χ0v) is 10.3. The van der Waals surface area contributed by atoms with Crippen LogP contribution >= 0.6 is 11.6 Å². The fraction of sp³-hybridized carbons (Fsp3) is 0.417. The molecule has 0 saturated carbocycles. The third-order valence-corrected chi connectivity index (χ3v) is 2.57. The van der Waals surface area contributed by atoms with Gasteiger partial charge in [0.2, 0.25) is 5.91 Å². The Bertz CT molecular complexity index is 355. The van der Waals surface area contributed by atoms with Gasteiger partial charge in [0.05, 0.1) is 10.7 Å². The van der Waals surface area contributed by atoms with Crippen LogP contribution in [-0.2, 0) is 9.53 Å². The minimum absolute atomic E-state index is 0.01000. The minimum atomic E-state index is -0.01000.